The summed E-state index contributed by atoms with van der Waals surface area (Å²) < 4.78 is 5.51. The van der Waals surface area contributed by atoms with Crippen molar-refractivity contribution < 1.29 is 9.53 Å². The second kappa shape index (κ2) is 11.1. The lowest BCUT2D eigenvalue weighted by Crippen LogP contribution is -2.28. The lowest BCUT2D eigenvalue weighted by molar-refractivity contribution is -0.150. The molecule has 6 heteroatoms. The number of ether oxygens (including phenoxy) is 1. The molecule has 1 aromatic rings. The molecule has 0 aliphatic heterocycles. The number of carbonyl (C=O) groups excluding carboxylic acids is 1. The van der Waals surface area contributed by atoms with Gasteiger partial charge in [-0.2, -0.15) is 0 Å². The van der Waals surface area contributed by atoms with Crippen molar-refractivity contribution in [3.63, 3.8) is 0 Å². The second-order valence-electron chi connectivity index (χ2n) is 6.17. The molecule has 0 bridgehead atoms. The topological polar surface area (TPSA) is 26.3 Å². The SMILES string of the molecule is CC(C)C(C(=O)OCC=C(Cl)Cc1ccc(Cl)cc1)C(C)C=C(Cl)Cl. The Kier molecular flexibility index (Phi) is 9.96. The van der Waals surface area contributed by atoms with Gasteiger partial charge in [-0.05, 0) is 35.6 Å². The Morgan fingerprint density at radius 2 is 1.72 bits per heavy atom. The smallest absolute Gasteiger partial charge is 0.310 e. The van der Waals surface area contributed by atoms with E-state index in [1.54, 1.807) is 12.2 Å². The molecule has 2 nitrogen and oxygen atoms in total. The predicted octanol–water partition coefficient (Wildman–Crippen LogP) is 6.78. The number of benzene rings is 1. The van der Waals surface area contributed by atoms with Gasteiger partial charge in [0.2, 0.25) is 0 Å². The van der Waals surface area contributed by atoms with Gasteiger partial charge in [-0.15, -0.1) is 0 Å². The molecule has 25 heavy (non-hydrogen) atoms. The van der Waals surface area contributed by atoms with Gasteiger partial charge < -0.3 is 4.74 Å². The maximum absolute atomic E-state index is 12.4. The maximum Gasteiger partial charge on any atom is 0.310 e. The Bertz CT molecular complexity index is 617. The number of allylic oxidation sites excluding steroid dienone is 2. The molecule has 0 amide bonds. The first-order valence-corrected chi connectivity index (χ1v) is 9.50. The highest BCUT2D eigenvalue weighted by molar-refractivity contribution is 6.55. The van der Waals surface area contributed by atoms with Crippen molar-refractivity contribution in [3.8, 4) is 0 Å². The molecule has 0 saturated heterocycles. The number of carbonyl (C=O) groups is 1. The summed E-state index contributed by atoms with van der Waals surface area (Å²) in [5.74, 6) is -0.637. The van der Waals surface area contributed by atoms with Gasteiger partial charge in [0.1, 0.15) is 11.1 Å². The molecule has 2 unspecified atom stereocenters. The van der Waals surface area contributed by atoms with Gasteiger partial charge in [0.25, 0.3) is 0 Å². The number of halogens is 4. The highest BCUT2D eigenvalue weighted by Gasteiger charge is 2.28. The van der Waals surface area contributed by atoms with E-state index in [1.165, 1.54) is 0 Å². The monoisotopic (exact) mass is 422 g/mol. The molecule has 1 rings (SSSR count). The molecule has 0 aliphatic carbocycles. The molecule has 2 atom stereocenters. The minimum Gasteiger partial charge on any atom is -0.461 e. The van der Waals surface area contributed by atoms with Crippen molar-refractivity contribution >= 4 is 52.4 Å². The Labute approximate surface area is 169 Å². The van der Waals surface area contributed by atoms with Gasteiger partial charge in [-0.1, -0.05) is 85.4 Å². The third kappa shape index (κ3) is 8.50. The van der Waals surface area contributed by atoms with Crippen molar-refractivity contribution in [2.45, 2.75) is 27.2 Å². The zero-order chi connectivity index (χ0) is 19.0. The molecule has 0 N–H and O–H groups in total. The van der Waals surface area contributed by atoms with E-state index < -0.39 is 0 Å². The van der Waals surface area contributed by atoms with Crippen LogP contribution in [0.4, 0.5) is 0 Å². The fraction of sp³-hybridized carbons (Fsp3) is 0.421. The van der Waals surface area contributed by atoms with Gasteiger partial charge in [0.05, 0.1) is 5.92 Å². The van der Waals surface area contributed by atoms with E-state index in [9.17, 15) is 4.79 Å². The van der Waals surface area contributed by atoms with Gasteiger partial charge >= 0.3 is 5.97 Å². The van der Waals surface area contributed by atoms with Crippen LogP contribution < -0.4 is 0 Å². The number of hydrogen-bond acceptors (Lipinski definition) is 2. The van der Waals surface area contributed by atoms with E-state index in [4.69, 9.17) is 51.1 Å². The van der Waals surface area contributed by atoms with Crippen LogP contribution in [0, 0.1) is 17.8 Å². The van der Waals surface area contributed by atoms with Crippen molar-refractivity contribution in [2.24, 2.45) is 17.8 Å². The fourth-order valence-electron chi connectivity index (χ4n) is 2.58. The zero-order valence-corrected chi connectivity index (χ0v) is 17.5. The van der Waals surface area contributed by atoms with E-state index in [2.05, 4.69) is 0 Å². The van der Waals surface area contributed by atoms with Gasteiger partial charge in [0.15, 0.2) is 0 Å². The molecule has 0 fully saturated rings. The molecule has 0 aliphatic rings. The number of hydrogen-bond donors (Lipinski definition) is 0. The quantitative estimate of drug-likeness (QED) is 0.431. The minimum absolute atomic E-state index is 0.0972. The number of rotatable bonds is 8. The second-order valence-corrected chi connectivity index (χ2v) is 8.10. The Hall–Kier alpha value is -0.670. The molecule has 0 radical (unpaired) electrons. The van der Waals surface area contributed by atoms with E-state index in [1.807, 2.05) is 45.0 Å². The largest absolute Gasteiger partial charge is 0.461 e. The summed E-state index contributed by atoms with van der Waals surface area (Å²) in [7, 11) is 0. The predicted molar refractivity (Wildman–Crippen MR) is 107 cm³/mol. The van der Waals surface area contributed by atoms with Crippen LogP contribution in [0.3, 0.4) is 0 Å². The third-order valence-corrected chi connectivity index (χ3v) is 4.55. The summed E-state index contributed by atoms with van der Waals surface area (Å²) in [6.45, 7) is 5.93. The van der Waals surface area contributed by atoms with Crippen LogP contribution in [0.2, 0.25) is 5.02 Å². The van der Waals surface area contributed by atoms with Crippen LogP contribution in [0.5, 0.6) is 0 Å². The minimum atomic E-state index is -0.323. The van der Waals surface area contributed by atoms with Crippen molar-refractivity contribution in [2.75, 3.05) is 6.61 Å². The van der Waals surface area contributed by atoms with E-state index in [0.717, 1.165) is 5.56 Å². The van der Waals surface area contributed by atoms with Gasteiger partial charge in [-0.25, -0.2) is 0 Å². The highest BCUT2D eigenvalue weighted by atomic mass is 35.5. The standard InChI is InChI=1S/C19H22Cl4O2/c1-12(2)18(13(3)10-17(22)23)19(24)25-9-8-16(21)11-14-4-6-15(20)7-5-14/h4-8,10,12-13,18H,9,11H2,1-3H3. The van der Waals surface area contributed by atoms with Crippen molar-refractivity contribution in [3.05, 3.63) is 56.5 Å². The van der Waals surface area contributed by atoms with Crippen LogP contribution in [0.1, 0.15) is 26.3 Å². The Morgan fingerprint density at radius 1 is 1.12 bits per heavy atom. The summed E-state index contributed by atoms with van der Waals surface area (Å²) in [4.78, 5) is 12.4. The van der Waals surface area contributed by atoms with Crippen molar-refractivity contribution in [1.82, 2.24) is 0 Å². The molecular weight excluding hydrogens is 402 g/mol. The van der Waals surface area contributed by atoms with Gasteiger partial charge in [-0.3, -0.25) is 4.79 Å². The number of esters is 1. The lowest BCUT2D eigenvalue weighted by Gasteiger charge is -2.23. The first-order chi connectivity index (χ1) is 11.7. The van der Waals surface area contributed by atoms with Crippen LogP contribution in [-0.4, -0.2) is 12.6 Å². The van der Waals surface area contributed by atoms with E-state index in [0.29, 0.717) is 16.5 Å². The zero-order valence-electron chi connectivity index (χ0n) is 14.4. The van der Waals surface area contributed by atoms with Crippen LogP contribution in [0.15, 0.2) is 45.9 Å². The van der Waals surface area contributed by atoms with Crippen LogP contribution >= 0.6 is 46.4 Å². The molecule has 138 valence electrons. The Balaban J connectivity index is 2.60. The summed E-state index contributed by atoms with van der Waals surface area (Å²) in [6.07, 6.45) is 3.91. The summed E-state index contributed by atoms with van der Waals surface area (Å²) >= 11 is 23.5. The lowest BCUT2D eigenvalue weighted by atomic mass is 9.84. The average molecular weight is 424 g/mol. The van der Waals surface area contributed by atoms with E-state index >= 15 is 0 Å². The Morgan fingerprint density at radius 3 is 2.24 bits per heavy atom. The molecule has 0 heterocycles. The summed E-state index contributed by atoms with van der Waals surface area (Å²) in [5.41, 5.74) is 1.03. The maximum atomic E-state index is 12.4. The molecule has 0 spiro atoms. The average Bonchev–Trinajstić information content (AvgIpc) is 2.48. The third-order valence-electron chi connectivity index (χ3n) is 3.76. The first kappa shape index (κ1) is 22.4. The van der Waals surface area contributed by atoms with E-state index in [-0.39, 0.29) is 34.8 Å². The molecule has 0 aromatic heterocycles. The normalized spacial score (nSPS) is 14.2. The summed E-state index contributed by atoms with van der Waals surface area (Å²) in [6, 6.07) is 7.43. The highest BCUT2D eigenvalue weighted by Crippen LogP contribution is 2.26. The first-order valence-electron chi connectivity index (χ1n) is 7.99. The fourth-order valence-corrected chi connectivity index (χ4v) is 3.32. The van der Waals surface area contributed by atoms with Gasteiger partial charge in [0, 0.05) is 16.5 Å². The molecule has 1 aromatic carbocycles. The van der Waals surface area contributed by atoms with Crippen molar-refractivity contribution in [1.29, 1.82) is 0 Å². The van der Waals surface area contributed by atoms with Crippen LogP contribution in [-0.2, 0) is 16.0 Å². The molecule has 0 saturated carbocycles. The molecular formula is C19H22Cl4O2. The van der Waals surface area contributed by atoms with Crippen LogP contribution in [0.25, 0.3) is 0 Å². The summed E-state index contributed by atoms with van der Waals surface area (Å²) in [5, 5.41) is 1.28.